The summed E-state index contributed by atoms with van der Waals surface area (Å²) in [5.41, 5.74) is 3.25. The zero-order chi connectivity index (χ0) is 15.4. The fraction of sp³-hybridized carbons (Fsp3) is 0.222. The molecule has 3 aromatic rings. The van der Waals surface area contributed by atoms with E-state index in [2.05, 4.69) is 16.4 Å². The number of halogens is 1. The smallest absolute Gasteiger partial charge is 0.125 e. The van der Waals surface area contributed by atoms with Gasteiger partial charge in [-0.1, -0.05) is 12.1 Å². The summed E-state index contributed by atoms with van der Waals surface area (Å²) in [6, 6.07) is 12.9. The molecule has 0 fully saturated rings. The number of H-pyrrole nitrogens is 1. The average molecular weight is 298 g/mol. The second-order valence-corrected chi connectivity index (χ2v) is 5.28. The zero-order valence-electron chi connectivity index (χ0n) is 12.5. The zero-order valence-corrected chi connectivity index (χ0v) is 12.5. The second-order valence-electron chi connectivity index (χ2n) is 5.28. The number of benzene rings is 2. The highest BCUT2D eigenvalue weighted by Gasteiger charge is 2.04. The predicted octanol–water partition coefficient (Wildman–Crippen LogP) is 3.65. The van der Waals surface area contributed by atoms with Gasteiger partial charge in [-0.25, -0.2) is 4.39 Å². The normalized spacial score (nSPS) is 11.0. The molecule has 3 rings (SSSR count). The van der Waals surface area contributed by atoms with Gasteiger partial charge in [0.15, 0.2) is 0 Å². The molecule has 2 N–H and O–H groups in total. The SMILES string of the molecule is COc1cccc(CNCCc2c[nH]c3cc(F)ccc23)c1. The Hall–Kier alpha value is -2.33. The van der Waals surface area contributed by atoms with Gasteiger partial charge in [-0.2, -0.15) is 0 Å². The molecule has 0 aliphatic rings. The third-order valence-corrected chi connectivity index (χ3v) is 3.76. The molecule has 0 unspecified atom stereocenters. The first-order valence-electron chi connectivity index (χ1n) is 7.35. The quantitative estimate of drug-likeness (QED) is 0.682. The van der Waals surface area contributed by atoms with Crippen molar-refractivity contribution in [1.82, 2.24) is 10.3 Å². The lowest BCUT2D eigenvalue weighted by atomic mass is 10.1. The number of ether oxygens (including phenoxy) is 1. The van der Waals surface area contributed by atoms with Crippen LogP contribution in [0, 0.1) is 5.82 Å². The number of hydrogen-bond donors (Lipinski definition) is 2. The molecule has 22 heavy (non-hydrogen) atoms. The molecule has 0 aliphatic heterocycles. The second kappa shape index (κ2) is 6.62. The molecule has 3 nitrogen and oxygen atoms in total. The van der Waals surface area contributed by atoms with Crippen LogP contribution in [0.3, 0.4) is 0 Å². The Morgan fingerprint density at radius 2 is 2.09 bits per heavy atom. The summed E-state index contributed by atoms with van der Waals surface area (Å²) in [6.45, 7) is 1.66. The van der Waals surface area contributed by atoms with E-state index in [9.17, 15) is 4.39 Å². The fourth-order valence-electron chi connectivity index (χ4n) is 2.60. The molecule has 0 saturated heterocycles. The van der Waals surface area contributed by atoms with Crippen LogP contribution in [-0.4, -0.2) is 18.6 Å². The van der Waals surface area contributed by atoms with Crippen molar-refractivity contribution in [2.24, 2.45) is 0 Å². The Balaban J connectivity index is 1.56. The van der Waals surface area contributed by atoms with Crippen LogP contribution in [0.25, 0.3) is 10.9 Å². The van der Waals surface area contributed by atoms with E-state index >= 15 is 0 Å². The molecule has 0 atom stereocenters. The third-order valence-electron chi connectivity index (χ3n) is 3.76. The molecule has 1 aromatic heterocycles. The number of aromatic amines is 1. The molecule has 0 amide bonds. The minimum atomic E-state index is -0.211. The van der Waals surface area contributed by atoms with Crippen LogP contribution in [-0.2, 0) is 13.0 Å². The van der Waals surface area contributed by atoms with Gasteiger partial charge in [-0.3, -0.25) is 0 Å². The van der Waals surface area contributed by atoms with Gasteiger partial charge in [0.25, 0.3) is 0 Å². The topological polar surface area (TPSA) is 37.0 Å². The van der Waals surface area contributed by atoms with Crippen molar-refractivity contribution in [2.75, 3.05) is 13.7 Å². The molecular formula is C18H19FN2O. The fourth-order valence-corrected chi connectivity index (χ4v) is 2.60. The largest absolute Gasteiger partial charge is 0.497 e. The minimum absolute atomic E-state index is 0.211. The van der Waals surface area contributed by atoms with Crippen molar-refractivity contribution in [3.05, 3.63) is 65.6 Å². The summed E-state index contributed by atoms with van der Waals surface area (Å²) >= 11 is 0. The first-order chi connectivity index (χ1) is 10.8. The minimum Gasteiger partial charge on any atom is -0.497 e. The van der Waals surface area contributed by atoms with Crippen molar-refractivity contribution in [3.63, 3.8) is 0 Å². The molecule has 1 heterocycles. The number of methoxy groups -OCH3 is 1. The van der Waals surface area contributed by atoms with Crippen molar-refractivity contribution in [2.45, 2.75) is 13.0 Å². The van der Waals surface area contributed by atoms with Crippen molar-refractivity contribution >= 4 is 10.9 Å². The molecule has 0 spiro atoms. The summed E-state index contributed by atoms with van der Waals surface area (Å²) in [5.74, 6) is 0.662. The highest BCUT2D eigenvalue weighted by molar-refractivity contribution is 5.83. The van der Waals surface area contributed by atoms with E-state index in [-0.39, 0.29) is 5.82 Å². The predicted molar refractivity (Wildman–Crippen MR) is 86.7 cm³/mol. The van der Waals surface area contributed by atoms with E-state index in [0.29, 0.717) is 0 Å². The molecule has 0 aliphatic carbocycles. The van der Waals surface area contributed by atoms with E-state index in [4.69, 9.17) is 4.74 Å². The molecule has 0 saturated carbocycles. The molecule has 4 heteroatoms. The van der Waals surface area contributed by atoms with Gasteiger partial charge in [0.05, 0.1) is 7.11 Å². The van der Waals surface area contributed by atoms with E-state index in [1.807, 2.05) is 30.5 Å². The van der Waals surface area contributed by atoms with Crippen LogP contribution in [0.15, 0.2) is 48.7 Å². The first-order valence-corrected chi connectivity index (χ1v) is 7.35. The highest BCUT2D eigenvalue weighted by Crippen LogP contribution is 2.19. The lowest BCUT2D eigenvalue weighted by Gasteiger charge is -2.06. The van der Waals surface area contributed by atoms with Crippen LogP contribution in [0.5, 0.6) is 5.75 Å². The van der Waals surface area contributed by atoms with Gasteiger partial charge < -0.3 is 15.0 Å². The molecular weight excluding hydrogens is 279 g/mol. The number of aromatic nitrogens is 1. The lowest BCUT2D eigenvalue weighted by Crippen LogP contribution is -2.16. The van der Waals surface area contributed by atoms with Gasteiger partial charge in [-0.05, 0) is 54.4 Å². The molecule has 0 radical (unpaired) electrons. The maximum atomic E-state index is 13.2. The summed E-state index contributed by atoms with van der Waals surface area (Å²) in [7, 11) is 1.67. The van der Waals surface area contributed by atoms with Crippen LogP contribution in [0.4, 0.5) is 4.39 Å². The third kappa shape index (κ3) is 3.28. The average Bonchev–Trinajstić information content (AvgIpc) is 2.94. The Labute approximate surface area is 129 Å². The number of hydrogen-bond acceptors (Lipinski definition) is 2. The van der Waals surface area contributed by atoms with Crippen molar-refractivity contribution in [3.8, 4) is 5.75 Å². The Morgan fingerprint density at radius 1 is 1.18 bits per heavy atom. The van der Waals surface area contributed by atoms with E-state index in [1.165, 1.54) is 23.3 Å². The maximum Gasteiger partial charge on any atom is 0.125 e. The Kier molecular flexibility index (Phi) is 4.39. The Bertz CT molecular complexity index is 767. The summed E-state index contributed by atoms with van der Waals surface area (Å²) in [5, 5.41) is 4.51. The summed E-state index contributed by atoms with van der Waals surface area (Å²) in [4.78, 5) is 3.12. The van der Waals surface area contributed by atoms with E-state index < -0.39 is 0 Å². The van der Waals surface area contributed by atoms with Crippen LogP contribution in [0.1, 0.15) is 11.1 Å². The van der Waals surface area contributed by atoms with Crippen LogP contribution < -0.4 is 10.1 Å². The standard InChI is InChI=1S/C18H19FN2O/c1-22-16-4-2-3-13(9-16)11-20-8-7-14-12-21-18-10-15(19)5-6-17(14)18/h2-6,9-10,12,20-21H,7-8,11H2,1H3. The van der Waals surface area contributed by atoms with Gasteiger partial charge in [0.2, 0.25) is 0 Å². The monoisotopic (exact) mass is 298 g/mol. The van der Waals surface area contributed by atoms with Gasteiger partial charge in [0, 0.05) is 23.6 Å². The van der Waals surface area contributed by atoms with Crippen LogP contribution >= 0.6 is 0 Å². The molecule has 114 valence electrons. The van der Waals surface area contributed by atoms with E-state index in [0.717, 1.165) is 36.2 Å². The molecule has 0 bridgehead atoms. The number of fused-ring (bicyclic) bond motifs is 1. The van der Waals surface area contributed by atoms with E-state index in [1.54, 1.807) is 7.11 Å². The van der Waals surface area contributed by atoms with Crippen molar-refractivity contribution < 1.29 is 9.13 Å². The lowest BCUT2D eigenvalue weighted by molar-refractivity contribution is 0.414. The van der Waals surface area contributed by atoms with Gasteiger partial charge >= 0.3 is 0 Å². The van der Waals surface area contributed by atoms with Crippen LogP contribution in [0.2, 0.25) is 0 Å². The van der Waals surface area contributed by atoms with Crippen molar-refractivity contribution in [1.29, 1.82) is 0 Å². The summed E-state index contributed by atoms with van der Waals surface area (Å²) in [6.07, 6.45) is 2.85. The van der Waals surface area contributed by atoms with Gasteiger partial charge in [-0.15, -0.1) is 0 Å². The number of nitrogens with one attached hydrogen (secondary N) is 2. The first kappa shape index (κ1) is 14.6. The summed E-state index contributed by atoms with van der Waals surface area (Å²) < 4.78 is 18.4. The van der Waals surface area contributed by atoms with Gasteiger partial charge in [0.1, 0.15) is 11.6 Å². The highest BCUT2D eigenvalue weighted by atomic mass is 19.1. The Morgan fingerprint density at radius 3 is 2.95 bits per heavy atom. The number of rotatable bonds is 6. The molecule has 2 aromatic carbocycles. The maximum absolute atomic E-state index is 13.2.